The normalized spacial score (nSPS) is 12.8. The summed E-state index contributed by atoms with van der Waals surface area (Å²) in [5, 5.41) is 0.232. The van der Waals surface area contributed by atoms with Crippen molar-refractivity contribution in [3.8, 4) is 5.75 Å². The van der Waals surface area contributed by atoms with Crippen LogP contribution in [0.25, 0.3) is 0 Å². The lowest BCUT2D eigenvalue weighted by Crippen LogP contribution is -2.08. The standard InChI is InChI=1S/C13H20ClNO/c1-4-16-12-7-11(8-15-9-12)5-6-13(14)10(2)3/h7-10,13H,4-6H2,1-3H3. The number of halogens is 1. The monoisotopic (exact) mass is 241 g/mol. The van der Waals surface area contributed by atoms with Crippen molar-refractivity contribution in [1.29, 1.82) is 0 Å². The Labute approximate surface area is 103 Å². The molecule has 1 unspecified atom stereocenters. The van der Waals surface area contributed by atoms with Gasteiger partial charge in [0.25, 0.3) is 0 Å². The smallest absolute Gasteiger partial charge is 0.137 e. The Hall–Kier alpha value is -0.760. The predicted octanol–water partition coefficient (Wildman–Crippen LogP) is 3.68. The maximum absolute atomic E-state index is 6.21. The van der Waals surface area contributed by atoms with Gasteiger partial charge in [-0.15, -0.1) is 11.6 Å². The van der Waals surface area contributed by atoms with Crippen molar-refractivity contribution in [2.45, 2.75) is 39.0 Å². The van der Waals surface area contributed by atoms with Gasteiger partial charge in [-0.3, -0.25) is 4.98 Å². The summed E-state index contributed by atoms with van der Waals surface area (Å²) in [6, 6.07) is 2.04. The summed E-state index contributed by atoms with van der Waals surface area (Å²) in [6.45, 7) is 6.94. The molecule has 0 bridgehead atoms. The van der Waals surface area contributed by atoms with Crippen molar-refractivity contribution in [3.63, 3.8) is 0 Å². The Bertz CT molecular complexity index is 315. The molecule has 1 aromatic heterocycles. The van der Waals surface area contributed by atoms with Gasteiger partial charge in [-0.1, -0.05) is 13.8 Å². The fraction of sp³-hybridized carbons (Fsp3) is 0.615. The van der Waals surface area contributed by atoms with E-state index in [4.69, 9.17) is 16.3 Å². The topological polar surface area (TPSA) is 22.1 Å². The summed E-state index contributed by atoms with van der Waals surface area (Å²) in [6.07, 6.45) is 5.57. The summed E-state index contributed by atoms with van der Waals surface area (Å²) < 4.78 is 5.41. The fourth-order valence-corrected chi connectivity index (χ4v) is 1.59. The van der Waals surface area contributed by atoms with E-state index in [0.29, 0.717) is 12.5 Å². The van der Waals surface area contributed by atoms with E-state index >= 15 is 0 Å². The van der Waals surface area contributed by atoms with E-state index in [-0.39, 0.29) is 5.38 Å². The van der Waals surface area contributed by atoms with Crippen LogP contribution in [0.1, 0.15) is 32.8 Å². The van der Waals surface area contributed by atoms with Gasteiger partial charge in [-0.05, 0) is 37.3 Å². The summed E-state index contributed by atoms with van der Waals surface area (Å²) in [4.78, 5) is 4.16. The van der Waals surface area contributed by atoms with E-state index in [2.05, 4.69) is 18.8 Å². The molecule has 0 fully saturated rings. The molecule has 1 atom stereocenters. The minimum atomic E-state index is 0.232. The molecule has 1 aromatic rings. The number of aryl methyl sites for hydroxylation is 1. The van der Waals surface area contributed by atoms with Gasteiger partial charge >= 0.3 is 0 Å². The third-order valence-corrected chi connectivity index (χ3v) is 3.24. The molecule has 3 heteroatoms. The lowest BCUT2D eigenvalue weighted by atomic mass is 10.0. The van der Waals surface area contributed by atoms with Crippen LogP contribution in [0.2, 0.25) is 0 Å². The van der Waals surface area contributed by atoms with Gasteiger partial charge in [0.15, 0.2) is 0 Å². The highest BCUT2D eigenvalue weighted by Gasteiger charge is 2.09. The molecule has 90 valence electrons. The van der Waals surface area contributed by atoms with E-state index < -0.39 is 0 Å². The molecule has 1 rings (SSSR count). The highest BCUT2D eigenvalue weighted by atomic mass is 35.5. The van der Waals surface area contributed by atoms with Crippen LogP contribution >= 0.6 is 11.6 Å². The molecule has 0 amide bonds. The Morgan fingerprint density at radius 3 is 2.75 bits per heavy atom. The second-order valence-corrected chi connectivity index (χ2v) is 4.82. The molecule has 2 nitrogen and oxygen atoms in total. The number of alkyl halides is 1. The van der Waals surface area contributed by atoms with Crippen molar-refractivity contribution in [2.75, 3.05) is 6.61 Å². The number of hydrogen-bond donors (Lipinski definition) is 0. The van der Waals surface area contributed by atoms with Gasteiger partial charge in [0, 0.05) is 11.6 Å². The van der Waals surface area contributed by atoms with Crippen LogP contribution < -0.4 is 4.74 Å². The molecule has 0 saturated carbocycles. The van der Waals surface area contributed by atoms with Crippen molar-refractivity contribution in [3.05, 3.63) is 24.0 Å². The molecular formula is C13H20ClNO. The van der Waals surface area contributed by atoms with E-state index in [1.807, 2.05) is 19.2 Å². The van der Waals surface area contributed by atoms with Crippen LogP contribution in [0.3, 0.4) is 0 Å². The number of hydrogen-bond acceptors (Lipinski definition) is 2. The lowest BCUT2D eigenvalue weighted by molar-refractivity contribution is 0.338. The lowest BCUT2D eigenvalue weighted by Gasteiger charge is -2.13. The molecule has 1 heterocycles. The first-order valence-electron chi connectivity index (χ1n) is 5.84. The third-order valence-electron chi connectivity index (χ3n) is 2.51. The third kappa shape index (κ3) is 4.40. The summed E-state index contributed by atoms with van der Waals surface area (Å²) in [5.74, 6) is 1.36. The summed E-state index contributed by atoms with van der Waals surface area (Å²) in [7, 11) is 0. The molecule has 16 heavy (non-hydrogen) atoms. The fourth-order valence-electron chi connectivity index (χ4n) is 1.48. The molecule has 0 aromatic carbocycles. The molecule has 0 aliphatic heterocycles. The zero-order valence-corrected chi connectivity index (χ0v) is 11.0. The highest BCUT2D eigenvalue weighted by molar-refractivity contribution is 6.20. The summed E-state index contributed by atoms with van der Waals surface area (Å²) >= 11 is 6.21. The molecule has 0 spiro atoms. The van der Waals surface area contributed by atoms with E-state index in [0.717, 1.165) is 18.6 Å². The first kappa shape index (κ1) is 13.3. The number of pyridine rings is 1. The van der Waals surface area contributed by atoms with Crippen LogP contribution in [0.15, 0.2) is 18.5 Å². The molecule has 0 aliphatic carbocycles. The highest BCUT2D eigenvalue weighted by Crippen LogP contribution is 2.18. The minimum Gasteiger partial charge on any atom is -0.492 e. The van der Waals surface area contributed by atoms with E-state index in [1.54, 1.807) is 6.20 Å². The maximum atomic E-state index is 6.21. The molecular weight excluding hydrogens is 222 g/mol. The quantitative estimate of drug-likeness (QED) is 0.709. The van der Waals surface area contributed by atoms with Gasteiger partial charge < -0.3 is 4.74 Å². The largest absolute Gasteiger partial charge is 0.492 e. The van der Waals surface area contributed by atoms with Gasteiger partial charge in [0.2, 0.25) is 0 Å². The average Bonchev–Trinajstić information content (AvgIpc) is 2.26. The minimum absolute atomic E-state index is 0.232. The Morgan fingerprint density at radius 2 is 2.12 bits per heavy atom. The average molecular weight is 242 g/mol. The summed E-state index contributed by atoms with van der Waals surface area (Å²) in [5.41, 5.74) is 1.19. The Morgan fingerprint density at radius 1 is 1.38 bits per heavy atom. The number of ether oxygens (including phenoxy) is 1. The van der Waals surface area contributed by atoms with Crippen LogP contribution in [0.4, 0.5) is 0 Å². The second kappa shape index (κ2) is 6.74. The Kier molecular flexibility index (Phi) is 5.61. The maximum Gasteiger partial charge on any atom is 0.137 e. The van der Waals surface area contributed by atoms with Crippen molar-refractivity contribution in [1.82, 2.24) is 4.98 Å². The van der Waals surface area contributed by atoms with Gasteiger partial charge in [0.1, 0.15) is 5.75 Å². The van der Waals surface area contributed by atoms with Crippen LogP contribution in [0.5, 0.6) is 5.75 Å². The number of nitrogens with zero attached hydrogens (tertiary/aromatic N) is 1. The number of aromatic nitrogens is 1. The van der Waals surface area contributed by atoms with E-state index in [9.17, 15) is 0 Å². The first-order valence-corrected chi connectivity index (χ1v) is 6.28. The van der Waals surface area contributed by atoms with Crippen molar-refractivity contribution >= 4 is 11.6 Å². The molecule has 0 radical (unpaired) electrons. The van der Waals surface area contributed by atoms with Crippen molar-refractivity contribution in [2.24, 2.45) is 5.92 Å². The van der Waals surface area contributed by atoms with E-state index in [1.165, 1.54) is 5.56 Å². The second-order valence-electron chi connectivity index (χ2n) is 4.26. The SMILES string of the molecule is CCOc1cncc(CCC(Cl)C(C)C)c1. The van der Waals surface area contributed by atoms with Gasteiger partial charge in [0.05, 0.1) is 12.8 Å². The van der Waals surface area contributed by atoms with Gasteiger partial charge in [-0.25, -0.2) is 0 Å². The van der Waals surface area contributed by atoms with Crippen molar-refractivity contribution < 1.29 is 4.74 Å². The molecule has 0 saturated heterocycles. The molecule has 0 aliphatic rings. The predicted molar refractivity (Wildman–Crippen MR) is 68.2 cm³/mol. The zero-order valence-electron chi connectivity index (χ0n) is 10.2. The van der Waals surface area contributed by atoms with Crippen LogP contribution in [-0.2, 0) is 6.42 Å². The van der Waals surface area contributed by atoms with Gasteiger partial charge in [-0.2, -0.15) is 0 Å². The Balaban J connectivity index is 2.50. The van der Waals surface area contributed by atoms with Crippen LogP contribution in [0, 0.1) is 5.92 Å². The first-order chi connectivity index (χ1) is 7.63. The number of rotatable bonds is 6. The zero-order chi connectivity index (χ0) is 12.0. The molecule has 0 N–H and O–H groups in total. The van der Waals surface area contributed by atoms with Crippen LogP contribution in [-0.4, -0.2) is 17.0 Å².